The number of anilines is 1. The van der Waals surface area contributed by atoms with E-state index >= 15 is 0 Å². The minimum Gasteiger partial charge on any atom is -0.420 e. The number of oxazole rings is 1. The number of nitrogens with zero attached hydrogens (tertiary/aromatic N) is 1. The molecule has 2 aromatic rings. The van der Waals surface area contributed by atoms with E-state index in [9.17, 15) is 8.78 Å². The summed E-state index contributed by atoms with van der Waals surface area (Å²) in [5.74, 6) is -1.92. The van der Waals surface area contributed by atoms with Crippen LogP contribution in [0.15, 0.2) is 16.5 Å². The molecule has 0 spiro atoms. The summed E-state index contributed by atoms with van der Waals surface area (Å²) in [6.07, 6.45) is 0.954. The lowest BCUT2D eigenvalue weighted by atomic mass is 10.3. The molecule has 1 aromatic heterocycles. The Morgan fingerprint density at radius 2 is 2.29 bits per heavy atom. The number of nitrogens with one attached hydrogen (secondary N) is 2. The van der Waals surface area contributed by atoms with E-state index in [4.69, 9.17) is 4.42 Å². The van der Waals surface area contributed by atoms with Gasteiger partial charge in [-0.2, -0.15) is 9.37 Å². The third kappa shape index (κ3) is 1.84. The molecule has 1 unspecified atom stereocenters. The molecule has 1 aliphatic heterocycles. The second kappa shape index (κ2) is 3.96. The molecule has 17 heavy (non-hydrogen) atoms. The summed E-state index contributed by atoms with van der Waals surface area (Å²) in [5, 5.41) is 6.23. The Morgan fingerprint density at radius 3 is 3.06 bits per heavy atom. The van der Waals surface area contributed by atoms with Gasteiger partial charge in [0.2, 0.25) is 5.82 Å². The van der Waals surface area contributed by atoms with Crippen molar-refractivity contribution in [3.05, 3.63) is 23.8 Å². The smallest absolute Gasteiger partial charge is 0.296 e. The molecule has 2 N–H and O–H groups in total. The van der Waals surface area contributed by atoms with Crippen LogP contribution in [0.1, 0.15) is 6.42 Å². The molecular formula is C11H11F2N3O. The average Bonchev–Trinajstić information content (AvgIpc) is 2.93. The fourth-order valence-corrected chi connectivity index (χ4v) is 1.95. The predicted molar refractivity (Wildman–Crippen MR) is 58.8 cm³/mol. The summed E-state index contributed by atoms with van der Waals surface area (Å²) < 4.78 is 31.5. The van der Waals surface area contributed by atoms with Gasteiger partial charge >= 0.3 is 0 Å². The van der Waals surface area contributed by atoms with E-state index < -0.39 is 11.6 Å². The molecule has 2 heterocycles. The average molecular weight is 239 g/mol. The first kappa shape index (κ1) is 10.5. The molecule has 0 amide bonds. The Bertz CT molecular complexity index is 549. The van der Waals surface area contributed by atoms with Crippen molar-refractivity contribution in [1.29, 1.82) is 0 Å². The van der Waals surface area contributed by atoms with E-state index in [1.165, 1.54) is 6.07 Å². The number of hydrogen-bond donors (Lipinski definition) is 2. The maximum Gasteiger partial charge on any atom is 0.296 e. The van der Waals surface area contributed by atoms with Crippen LogP contribution in [0.5, 0.6) is 0 Å². The molecular weight excluding hydrogens is 228 g/mol. The van der Waals surface area contributed by atoms with Crippen molar-refractivity contribution in [2.24, 2.45) is 0 Å². The number of fused-ring (bicyclic) bond motifs is 1. The van der Waals surface area contributed by atoms with Crippen LogP contribution in [0, 0.1) is 11.6 Å². The van der Waals surface area contributed by atoms with Crippen molar-refractivity contribution in [2.75, 3.05) is 18.4 Å². The van der Waals surface area contributed by atoms with Crippen molar-refractivity contribution in [3.63, 3.8) is 0 Å². The molecule has 3 rings (SSSR count). The highest BCUT2D eigenvalue weighted by Gasteiger charge is 2.18. The van der Waals surface area contributed by atoms with E-state index in [-0.39, 0.29) is 17.6 Å². The number of benzene rings is 1. The maximum absolute atomic E-state index is 13.4. The van der Waals surface area contributed by atoms with Gasteiger partial charge in [-0.15, -0.1) is 0 Å². The zero-order valence-corrected chi connectivity index (χ0v) is 8.96. The highest BCUT2D eigenvalue weighted by atomic mass is 19.2. The fraction of sp³-hybridized carbons (Fsp3) is 0.364. The fourth-order valence-electron chi connectivity index (χ4n) is 1.95. The van der Waals surface area contributed by atoms with Gasteiger partial charge in [0.15, 0.2) is 11.4 Å². The Kier molecular flexibility index (Phi) is 2.44. The zero-order chi connectivity index (χ0) is 11.8. The zero-order valence-electron chi connectivity index (χ0n) is 8.96. The van der Waals surface area contributed by atoms with Crippen LogP contribution in [-0.2, 0) is 0 Å². The maximum atomic E-state index is 13.4. The lowest BCUT2D eigenvalue weighted by Gasteiger charge is -2.07. The van der Waals surface area contributed by atoms with Crippen molar-refractivity contribution < 1.29 is 13.2 Å². The monoisotopic (exact) mass is 239 g/mol. The Hall–Kier alpha value is -1.69. The van der Waals surface area contributed by atoms with Gasteiger partial charge in [0, 0.05) is 12.6 Å². The van der Waals surface area contributed by atoms with Gasteiger partial charge in [-0.05, 0) is 25.1 Å². The van der Waals surface area contributed by atoms with E-state index in [1.807, 2.05) is 0 Å². The largest absolute Gasteiger partial charge is 0.420 e. The minimum atomic E-state index is -0.993. The van der Waals surface area contributed by atoms with Crippen LogP contribution in [0.25, 0.3) is 11.1 Å². The lowest BCUT2D eigenvalue weighted by Crippen LogP contribution is -2.22. The number of hydrogen-bond acceptors (Lipinski definition) is 4. The van der Waals surface area contributed by atoms with Gasteiger partial charge in [0.05, 0.1) is 0 Å². The number of aromatic nitrogens is 1. The first-order valence-corrected chi connectivity index (χ1v) is 5.46. The molecule has 1 atom stereocenters. The van der Waals surface area contributed by atoms with Gasteiger partial charge in [-0.3, -0.25) is 0 Å². The van der Waals surface area contributed by atoms with E-state index in [2.05, 4.69) is 15.6 Å². The van der Waals surface area contributed by atoms with Crippen LogP contribution < -0.4 is 10.6 Å². The van der Waals surface area contributed by atoms with Crippen LogP contribution in [-0.4, -0.2) is 24.1 Å². The van der Waals surface area contributed by atoms with Crippen LogP contribution in [0.2, 0.25) is 0 Å². The van der Waals surface area contributed by atoms with Crippen LogP contribution in [0.3, 0.4) is 0 Å². The molecule has 0 saturated carbocycles. The van der Waals surface area contributed by atoms with E-state index in [1.54, 1.807) is 0 Å². The van der Waals surface area contributed by atoms with Gasteiger partial charge < -0.3 is 15.1 Å². The molecule has 1 aromatic carbocycles. The highest BCUT2D eigenvalue weighted by Crippen LogP contribution is 2.24. The topological polar surface area (TPSA) is 50.1 Å². The normalized spacial score (nSPS) is 20.0. The molecule has 0 radical (unpaired) electrons. The number of halogens is 2. The van der Waals surface area contributed by atoms with Crippen molar-refractivity contribution >= 4 is 17.1 Å². The van der Waals surface area contributed by atoms with Crippen LogP contribution in [0.4, 0.5) is 14.8 Å². The lowest BCUT2D eigenvalue weighted by molar-refractivity contribution is 0.492. The number of rotatable bonds is 2. The molecule has 4 nitrogen and oxygen atoms in total. The Labute approximate surface area is 96.0 Å². The second-order valence-electron chi connectivity index (χ2n) is 4.06. The van der Waals surface area contributed by atoms with Gasteiger partial charge in [-0.1, -0.05) is 0 Å². The molecule has 6 heteroatoms. The second-order valence-corrected chi connectivity index (χ2v) is 4.06. The predicted octanol–water partition coefficient (Wildman–Crippen LogP) is 1.88. The molecule has 0 aliphatic carbocycles. The molecule has 0 bridgehead atoms. The molecule has 1 saturated heterocycles. The summed E-state index contributed by atoms with van der Waals surface area (Å²) in [6.45, 7) is 1.75. The summed E-state index contributed by atoms with van der Waals surface area (Å²) in [6, 6.07) is 2.89. The summed E-state index contributed by atoms with van der Waals surface area (Å²) >= 11 is 0. The van der Waals surface area contributed by atoms with Crippen molar-refractivity contribution in [1.82, 2.24) is 10.3 Å². The summed E-state index contributed by atoms with van der Waals surface area (Å²) in [4.78, 5) is 4.07. The first-order valence-electron chi connectivity index (χ1n) is 5.46. The quantitative estimate of drug-likeness (QED) is 0.840. The molecule has 1 aliphatic rings. The Balaban J connectivity index is 1.93. The summed E-state index contributed by atoms with van der Waals surface area (Å²) in [7, 11) is 0. The van der Waals surface area contributed by atoms with Crippen molar-refractivity contribution in [2.45, 2.75) is 12.5 Å². The first-order chi connectivity index (χ1) is 8.24. The van der Waals surface area contributed by atoms with Gasteiger partial charge in [-0.25, -0.2) is 4.39 Å². The Morgan fingerprint density at radius 1 is 1.41 bits per heavy atom. The minimum absolute atomic E-state index is 0.140. The SMILES string of the molecule is Fc1ccc2nc(NC3CCNC3)oc2c1F. The van der Waals surface area contributed by atoms with Gasteiger partial charge in [0.1, 0.15) is 5.52 Å². The van der Waals surface area contributed by atoms with Gasteiger partial charge in [0.25, 0.3) is 6.01 Å². The highest BCUT2D eigenvalue weighted by molar-refractivity contribution is 5.75. The summed E-state index contributed by atoms with van der Waals surface area (Å²) in [5.41, 5.74) is 0.177. The van der Waals surface area contributed by atoms with Crippen molar-refractivity contribution in [3.8, 4) is 0 Å². The molecule has 1 fully saturated rings. The van der Waals surface area contributed by atoms with Crippen LogP contribution >= 0.6 is 0 Å². The van der Waals surface area contributed by atoms with E-state index in [0.29, 0.717) is 5.52 Å². The standard InChI is InChI=1S/C11H11F2N3O/c12-7-1-2-8-10(9(7)13)17-11(16-8)15-6-3-4-14-5-6/h1-2,6,14H,3-5H2,(H,15,16). The van der Waals surface area contributed by atoms with E-state index in [0.717, 1.165) is 25.6 Å². The third-order valence-electron chi connectivity index (χ3n) is 2.84. The third-order valence-corrected chi connectivity index (χ3v) is 2.84. The molecule has 90 valence electrons.